The largest absolute Gasteiger partial charge is 0.397 e. The van der Waals surface area contributed by atoms with Crippen LogP contribution in [0.1, 0.15) is 39.6 Å². The summed E-state index contributed by atoms with van der Waals surface area (Å²) in [6.07, 6.45) is 1.70. The Balaban J connectivity index is 1.96. The highest BCUT2D eigenvalue weighted by Crippen LogP contribution is 2.38. The molecule has 3 aromatic rings. The number of thiophene rings is 1. The first-order valence-corrected chi connectivity index (χ1v) is 8.66. The van der Waals surface area contributed by atoms with Crippen LogP contribution in [0.5, 0.6) is 0 Å². The molecular formula is C17H17ClN4OS. The number of carbonyl (C=O) groups is 1. The predicted octanol–water partition coefficient (Wildman–Crippen LogP) is 4.03. The average Bonchev–Trinajstić information content (AvgIpc) is 2.90. The van der Waals surface area contributed by atoms with Crippen molar-refractivity contribution in [3.63, 3.8) is 0 Å². The van der Waals surface area contributed by atoms with E-state index in [1.807, 2.05) is 39.0 Å². The number of fused-ring (bicyclic) bond motifs is 1. The highest BCUT2D eigenvalue weighted by atomic mass is 35.5. The molecule has 3 aromatic heterocycles. The Bertz CT molecular complexity index is 923. The monoisotopic (exact) mass is 360 g/mol. The fourth-order valence-electron chi connectivity index (χ4n) is 2.59. The molecule has 3 heterocycles. The number of hydrogen-bond donors (Lipinski definition) is 2. The summed E-state index contributed by atoms with van der Waals surface area (Å²) < 4.78 is 0. The minimum Gasteiger partial charge on any atom is -0.397 e. The van der Waals surface area contributed by atoms with Crippen molar-refractivity contribution in [3.05, 3.63) is 51.2 Å². The van der Waals surface area contributed by atoms with Crippen LogP contribution in [-0.2, 0) is 0 Å². The van der Waals surface area contributed by atoms with E-state index in [1.54, 1.807) is 6.20 Å². The van der Waals surface area contributed by atoms with Gasteiger partial charge in [-0.2, -0.15) is 0 Å². The van der Waals surface area contributed by atoms with Crippen LogP contribution in [0.3, 0.4) is 0 Å². The Morgan fingerprint density at radius 1 is 1.38 bits per heavy atom. The summed E-state index contributed by atoms with van der Waals surface area (Å²) in [5.41, 5.74) is 9.01. The number of aromatic nitrogens is 2. The maximum atomic E-state index is 12.6. The number of carbonyl (C=O) groups excluding carboxylic acids is 1. The third-order valence-corrected chi connectivity index (χ3v) is 5.56. The van der Waals surface area contributed by atoms with Gasteiger partial charge in [-0.25, -0.2) is 4.98 Å². The molecule has 124 valence electrons. The molecule has 7 heteroatoms. The third kappa shape index (κ3) is 2.83. The number of anilines is 1. The van der Waals surface area contributed by atoms with Gasteiger partial charge in [0.05, 0.1) is 28.1 Å². The second kappa shape index (κ2) is 6.37. The highest BCUT2D eigenvalue weighted by Gasteiger charge is 2.22. The molecule has 0 radical (unpaired) electrons. The number of nitrogen functional groups attached to an aromatic ring is 1. The molecular weight excluding hydrogens is 344 g/mol. The molecule has 0 bridgehead atoms. The van der Waals surface area contributed by atoms with E-state index >= 15 is 0 Å². The van der Waals surface area contributed by atoms with Crippen LogP contribution >= 0.6 is 22.9 Å². The van der Waals surface area contributed by atoms with Crippen molar-refractivity contribution >= 4 is 44.7 Å². The van der Waals surface area contributed by atoms with Crippen molar-refractivity contribution in [2.75, 3.05) is 5.73 Å². The molecule has 0 aromatic carbocycles. The Kier molecular flexibility index (Phi) is 4.43. The number of rotatable bonds is 3. The number of hydrogen-bond acceptors (Lipinski definition) is 5. The minimum absolute atomic E-state index is 0.220. The quantitative estimate of drug-likeness (QED) is 0.738. The third-order valence-electron chi connectivity index (χ3n) is 3.90. The van der Waals surface area contributed by atoms with E-state index < -0.39 is 0 Å². The molecule has 24 heavy (non-hydrogen) atoms. The standard InChI is InChI=1S/C17H17ClN4OS/c1-8-12-14(19)15(24-17(12)22-10(3)13(8)18)16(23)21-9(2)11-6-4-5-7-20-11/h4-7,9H,19H2,1-3H3,(H,21,23). The van der Waals surface area contributed by atoms with Gasteiger partial charge in [0.1, 0.15) is 9.71 Å². The lowest BCUT2D eigenvalue weighted by atomic mass is 10.1. The summed E-state index contributed by atoms with van der Waals surface area (Å²) >= 11 is 7.54. The highest BCUT2D eigenvalue weighted by molar-refractivity contribution is 7.21. The zero-order chi connectivity index (χ0) is 17.4. The summed E-state index contributed by atoms with van der Waals surface area (Å²) in [5, 5.41) is 4.27. The Morgan fingerprint density at radius 2 is 2.12 bits per heavy atom. The fraction of sp³-hybridized carbons (Fsp3) is 0.235. The molecule has 0 aliphatic heterocycles. The number of pyridine rings is 2. The summed E-state index contributed by atoms with van der Waals surface area (Å²) in [5.74, 6) is -0.234. The van der Waals surface area contributed by atoms with E-state index in [1.165, 1.54) is 11.3 Å². The number of amides is 1. The van der Waals surface area contributed by atoms with Crippen molar-refractivity contribution in [3.8, 4) is 0 Å². The van der Waals surface area contributed by atoms with Crippen LogP contribution in [0, 0.1) is 13.8 Å². The van der Waals surface area contributed by atoms with Crippen molar-refractivity contribution in [2.24, 2.45) is 0 Å². The summed E-state index contributed by atoms with van der Waals surface area (Å²) in [7, 11) is 0. The normalized spacial score (nSPS) is 12.3. The second-order valence-corrected chi connectivity index (χ2v) is 6.99. The molecule has 0 fully saturated rings. The maximum absolute atomic E-state index is 12.6. The van der Waals surface area contributed by atoms with Crippen LogP contribution in [0.25, 0.3) is 10.2 Å². The predicted molar refractivity (Wildman–Crippen MR) is 98.6 cm³/mol. The topological polar surface area (TPSA) is 80.9 Å². The molecule has 1 unspecified atom stereocenters. The van der Waals surface area contributed by atoms with Gasteiger partial charge >= 0.3 is 0 Å². The molecule has 1 amide bonds. The number of nitrogens with one attached hydrogen (secondary N) is 1. The molecule has 3 N–H and O–H groups in total. The van der Waals surface area contributed by atoms with Crippen LogP contribution in [0.4, 0.5) is 5.69 Å². The van der Waals surface area contributed by atoms with Gasteiger partial charge in [-0.05, 0) is 38.5 Å². The van der Waals surface area contributed by atoms with Gasteiger partial charge < -0.3 is 11.1 Å². The number of nitrogens with zero attached hydrogens (tertiary/aromatic N) is 2. The lowest BCUT2D eigenvalue weighted by Gasteiger charge is -2.12. The maximum Gasteiger partial charge on any atom is 0.264 e. The van der Waals surface area contributed by atoms with Gasteiger partial charge in [-0.15, -0.1) is 11.3 Å². The van der Waals surface area contributed by atoms with Gasteiger partial charge in [0.25, 0.3) is 5.91 Å². The van der Waals surface area contributed by atoms with Crippen LogP contribution < -0.4 is 11.1 Å². The minimum atomic E-state index is -0.234. The van der Waals surface area contributed by atoms with Crippen molar-refractivity contribution in [1.82, 2.24) is 15.3 Å². The molecule has 0 aliphatic carbocycles. The first-order valence-electron chi connectivity index (χ1n) is 7.46. The lowest BCUT2D eigenvalue weighted by molar-refractivity contribution is 0.0944. The number of nitrogens with two attached hydrogens (primary N) is 1. The molecule has 5 nitrogen and oxygen atoms in total. The number of aryl methyl sites for hydroxylation is 2. The van der Waals surface area contributed by atoms with Gasteiger partial charge in [-0.3, -0.25) is 9.78 Å². The smallest absolute Gasteiger partial charge is 0.264 e. The van der Waals surface area contributed by atoms with E-state index in [-0.39, 0.29) is 11.9 Å². The van der Waals surface area contributed by atoms with E-state index in [2.05, 4.69) is 15.3 Å². The Hall–Kier alpha value is -2.18. The molecule has 0 saturated heterocycles. The second-order valence-electron chi connectivity index (χ2n) is 5.61. The summed E-state index contributed by atoms with van der Waals surface area (Å²) in [6.45, 7) is 5.61. The van der Waals surface area contributed by atoms with E-state index in [0.29, 0.717) is 15.6 Å². The SMILES string of the molecule is Cc1nc2sc(C(=O)NC(C)c3ccccn3)c(N)c2c(C)c1Cl. The Labute approximate surface area is 148 Å². The van der Waals surface area contributed by atoms with E-state index in [4.69, 9.17) is 17.3 Å². The van der Waals surface area contributed by atoms with Crippen LogP contribution in [0.15, 0.2) is 24.4 Å². The van der Waals surface area contributed by atoms with Crippen LogP contribution in [0.2, 0.25) is 5.02 Å². The first kappa shape index (κ1) is 16.7. The molecule has 0 saturated carbocycles. The number of halogens is 1. The first-order chi connectivity index (χ1) is 11.4. The summed E-state index contributed by atoms with van der Waals surface area (Å²) in [6, 6.07) is 5.37. The van der Waals surface area contributed by atoms with Crippen molar-refractivity contribution < 1.29 is 4.79 Å². The fourth-order valence-corrected chi connectivity index (χ4v) is 3.83. The average molecular weight is 361 g/mol. The van der Waals surface area contributed by atoms with Crippen molar-refractivity contribution in [1.29, 1.82) is 0 Å². The zero-order valence-electron chi connectivity index (χ0n) is 13.6. The molecule has 3 rings (SSSR count). The van der Waals surface area contributed by atoms with E-state index in [0.717, 1.165) is 27.2 Å². The van der Waals surface area contributed by atoms with Crippen molar-refractivity contribution in [2.45, 2.75) is 26.8 Å². The molecule has 0 spiro atoms. The van der Waals surface area contributed by atoms with Gasteiger partial charge in [0.15, 0.2) is 0 Å². The van der Waals surface area contributed by atoms with Gasteiger partial charge in [0, 0.05) is 11.6 Å². The van der Waals surface area contributed by atoms with Crippen LogP contribution in [-0.4, -0.2) is 15.9 Å². The zero-order valence-corrected chi connectivity index (χ0v) is 15.1. The van der Waals surface area contributed by atoms with Gasteiger partial charge in [-0.1, -0.05) is 17.7 Å². The molecule has 0 aliphatic rings. The lowest BCUT2D eigenvalue weighted by Crippen LogP contribution is -2.27. The molecule has 1 atom stereocenters. The van der Waals surface area contributed by atoms with E-state index in [9.17, 15) is 4.79 Å². The van der Waals surface area contributed by atoms with Gasteiger partial charge in [0.2, 0.25) is 0 Å². The Morgan fingerprint density at radius 3 is 2.79 bits per heavy atom. The summed E-state index contributed by atoms with van der Waals surface area (Å²) in [4.78, 5) is 22.5.